The van der Waals surface area contributed by atoms with Crippen LogP contribution in [0.2, 0.25) is 0 Å². The molecule has 11 nitrogen and oxygen atoms in total. The van der Waals surface area contributed by atoms with E-state index in [0.29, 0.717) is 17.9 Å². The summed E-state index contributed by atoms with van der Waals surface area (Å²) in [6, 6.07) is 7.97. The minimum absolute atomic E-state index is 0.0209. The number of hydrogen-bond donors (Lipinski definition) is 6. The highest BCUT2D eigenvalue weighted by molar-refractivity contribution is 6.24. The number of likely N-dealkylation sites (N-methyl/N-ethyl adjacent to an activating group) is 1. The van der Waals surface area contributed by atoms with E-state index in [1.165, 1.54) is 11.0 Å². The highest BCUT2D eigenvalue weighted by Gasteiger charge is 2.64. The first-order chi connectivity index (χ1) is 20.2. The highest BCUT2D eigenvalue weighted by atomic mass is 16.5. The van der Waals surface area contributed by atoms with Crippen LogP contribution in [0.4, 0.5) is 0 Å². The van der Waals surface area contributed by atoms with Gasteiger partial charge >= 0.3 is 0 Å². The van der Waals surface area contributed by atoms with Crippen molar-refractivity contribution >= 4 is 23.2 Å². The van der Waals surface area contributed by atoms with E-state index >= 15 is 0 Å². The summed E-state index contributed by atoms with van der Waals surface area (Å²) >= 11 is 0. The fourth-order valence-electron chi connectivity index (χ4n) is 6.91. The molecule has 1 fully saturated rings. The first-order valence-corrected chi connectivity index (χ1v) is 14.1. The summed E-state index contributed by atoms with van der Waals surface area (Å²) in [7, 11) is 4.73. The molecule has 3 aliphatic rings. The van der Waals surface area contributed by atoms with Crippen molar-refractivity contribution in [1.82, 2.24) is 10.2 Å². The summed E-state index contributed by atoms with van der Waals surface area (Å²) in [4.78, 5) is 41.0. The van der Waals surface area contributed by atoms with Gasteiger partial charge in [0.1, 0.15) is 28.6 Å². The zero-order chi connectivity index (χ0) is 31.5. The number of benzene rings is 2. The van der Waals surface area contributed by atoms with Crippen LogP contribution in [0.5, 0.6) is 11.5 Å². The van der Waals surface area contributed by atoms with Crippen LogP contribution in [-0.2, 0) is 27.3 Å². The lowest BCUT2D eigenvalue weighted by Crippen LogP contribution is -2.65. The molecule has 3 aliphatic carbocycles. The van der Waals surface area contributed by atoms with Crippen molar-refractivity contribution in [1.29, 1.82) is 0 Å². The Bertz CT molecular complexity index is 1610. The van der Waals surface area contributed by atoms with Gasteiger partial charge in [-0.3, -0.25) is 19.3 Å². The van der Waals surface area contributed by atoms with Crippen LogP contribution in [0.3, 0.4) is 0 Å². The first kappa shape index (κ1) is 30.3. The predicted molar refractivity (Wildman–Crippen MR) is 158 cm³/mol. The molecule has 2 aromatic rings. The van der Waals surface area contributed by atoms with E-state index in [1.54, 1.807) is 27.3 Å². The Kier molecular flexibility index (Phi) is 7.62. The van der Waals surface area contributed by atoms with Crippen molar-refractivity contribution < 1.29 is 39.5 Å². The number of fused-ring (bicyclic) bond motifs is 3. The zero-order valence-corrected chi connectivity index (χ0v) is 24.8. The molecule has 0 spiro atoms. The van der Waals surface area contributed by atoms with E-state index in [1.807, 2.05) is 32.0 Å². The quantitative estimate of drug-likeness (QED) is 0.261. The average molecular weight is 592 g/mol. The SMILES string of the molecule is COc1ccc(-c2ccc(O)c3c2C[C@H]2C[C@H]4[C@H](N(C)C)C(=O)C(C(N)=O)=C(O)[C@@]4(O)C(=O)C2=C3O)cc1CNC(C)C. The number of aliphatic hydroxyl groups excluding tert-OH is 2. The van der Waals surface area contributed by atoms with E-state index in [0.717, 1.165) is 16.7 Å². The fraction of sp³-hybridized carbons (Fsp3) is 0.406. The number of Topliss-reactive ketones (excluding diaryl/α,β-unsaturated/α-hetero) is 2. The number of methoxy groups -OCH3 is 1. The maximum atomic E-state index is 14.1. The molecule has 0 radical (unpaired) electrons. The van der Waals surface area contributed by atoms with Gasteiger partial charge in [-0.05, 0) is 67.7 Å². The maximum absolute atomic E-state index is 14.1. The Morgan fingerprint density at radius 3 is 2.47 bits per heavy atom. The molecule has 0 bridgehead atoms. The third kappa shape index (κ3) is 4.59. The molecule has 7 N–H and O–H groups in total. The van der Waals surface area contributed by atoms with Crippen LogP contribution in [0.15, 0.2) is 47.2 Å². The lowest BCUT2D eigenvalue weighted by molar-refractivity contribution is -0.153. The number of ketones is 2. The highest BCUT2D eigenvalue weighted by Crippen LogP contribution is 2.53. The van der Waals surface area contributed by atoms with Crippen molar-refractivity contribution in [3.8, 4) is 22.6 Å². The molecule has 228 valence electrons. The number of nitrogens with two attached hydrogens (primary N) is 1. The zero-order valence-electron chi connectivity index (χ0n) is 24.8. The van der Waals surface area contributed by atoms with Crippen LogP contribution in [0.25, 0.3) is 16.9 Å². The van der Waals surface area contributed by atoms with Crippen LogP contribution in [0, 0.1) is 11.8 Å². The number of phenolic OH excluding ortho intramolecular Hbond substituents is 1. The van der Waals surface area contributed by atoms with E-state index < -0.39 is 58.0 Å². The third-order valence-electron chi connectivity index (χ3n) is 8.90. The van der Waals surface area contributed by atoms with Crippen LogP contribution in [-0.4, -0.2) is 81.7 Å². The van der Waals surface area contributed by atoms with Gasteiger partial charge in [-0.2, -0.15) is 0 Å². The number of primary amides is 1. The Balaban J connectivity index is 1.68. The Morgan fingerprint density at radius 2 is 1.86 bits per heavy atom. The van der Waals surface area contributed by atoms with Gasteiger partial charge in [0, 0.05) is 29.6 Å². The number of amides is 1. The molecule has 0 aliphatic heterocycles. The molecule has 1 amide bonds. The van der Waals surface area contributed by atoms with Crippen molar-refractivity contribution in [3.05, 3.63) is 63.9 Å². The molecule has 1 saturated carbocycles. The van der Waals surface area contributed by atoms with Crippen LogP contribution in [0.1, 0.15) is 37.0 Å². The van der Waals surface area contributed by atoms with E-state index in [-0.39, 0.29) is 35.8 Å². The second-order valence-electron chi connectivity index (χ2n) is 12.0. The molecule has 5 rings (SSSR count). The molecular weight excluding hydrogens is 554 g/mol. The molecule has 0 aromatic heterocycles. The monoisotopic (exact) mass is 591 g/mol. The second-order valence-corrected chi connectivity index (χ2v) is 12.0. The number of ether oxygens (including phenoxy) is 1. The Hall–Kier alpha value is -4.19. The average Bonchev–Trinajstić information content (AvgIpc) is 2.93. The van der Waals surface area contributed by atoms with Gasteiger partial charge < -0.3 is 36.2 Å². The fourth-order valence-corrected chi connectivity index (χ4v) is 6.91. The summed E-state index contributed by atoms with van der Waals surface area (Å²) in [6.07, 6.45) is 0.219. The van der Waals surface area contributed by atoms with Crippen LogP contribution >= 0.6 is 0 Å². The van der Waals surface area contributed by atoms with E-state index in [9.17, 15) is 34.8 Å². The van der Waals surface area contributed by atoms with Crippen molar-refractivity contribution in [2.45, 2.75) is 50.9 Å². The minimum Gasteiger partial charge on any atom is -0.508 e. The third-order valence-corrected chi connectivity index (χ3v) is 8.90. The predicted octanol–water partition coefficient (Wildman–Crippen LogP) is 2.14. The number of phenols is 1. The van der Waals surface area contributed by atoms with Crippen LogP contribution < -0.4 is 15.8 Å². The number of aliphatic hydroxyl groups is 3. The molecular formula is C32H37N3O8. The lowest BCUT2D eigenvalue weighted by atomic mass is 9.57. The Morgan fingerprint density at radius 1 is 1.16 bits per heavy atom. The number of carbonyl (C=O) groups excluding carboxylic acids is 3. The van der Waals surface area contributed by atoms with Crippen molar-refractivity contribution in [2.24, 2.45) is 17.6 Å². The normalized spacial score (nSPS) is 25.2. The van der Waals surface area contributed by atoms with Gasteiger partial charge in [-0.15, -0.1) is 0 Å². The van der Waals surface area contributed by atoms with Crippen molar-refractivity contribution in [2.75, 3.05) is 21.2 Å². The van der Waals surface area contributed by atoms with E-state index in [4.69, 9.17) is 10.5 Å². The number of nitrogens with one attached hydrogen (secondary N) is 1. The number of nitrogens with zero attached hydrogens (tertiary/aromatic N) is 1. The molecule has 0 unspecified atom stereocenters. The first-order valence-electron chi connectivity index (χ1n) is 14.1. The van der Waals surface area contributed by atoms with E-state index in [2.05, 4.69) is 5.32 Å². The van der Waals surface area contributed by atoms with Crippen molar-refractivity contribution in [3.63, 3.8) is 0 Å². The second kappa shape index (κ2) is 10.8. The molecule has 4 atom stereocenters. The minimum atomic E-state index is -2.67. The van der Waals surface area contributed by atoms with Gasteiger partial charge in [0.25, 0.3) is 5.91 Å². The largest absolute Gasteiger partial charge is 0.508 e. The topological polar surface area (TPSA) is 183 Å². The lowest BCUT2D eigenvalue weighted by Gasteiger charge is -2.50. The molecule has 0 saturated heterocycles. The number of rotatable bonds is 7. The van der Waals surface area contributed by atoms with Gasteiger partial charge in [0.05, 0.1) is 18.7 Å². The summed E-state index contributed by atoms with van der Waals surface area (Å²) in [6.45, 7) is 4.62. The Labute approximate surface area is 249 Å². The standard InChI is InChI=1S/C32H37N3O8/c1-14(2)34-13-17-10-15(6-9-22(17)43-5)18-7-8-21(36)24-19(18)11-16-12-20-26(35(3)4)28(38)25(31(33)41)30(40)32(20,42)29(39)23(16)27(24)37/h6-10,14,16,20,26,34,36-37,40,42H,11-13H2,1-5H3,(H2,33,41)/t16-,20-,26-,32-/m0/s1. The summed E-state index contributed by atoms with van der Waals surface area (Å²) in [5.41, 5.74) is 4.77. The van der Waals surface area contributed by atoms with Gasteiger partial charge in [0.2, 0.25) is 5.78 Å². The smallest absolute Gasteiger partial charge is 0.255 e. The molecule has 2 aromatic carbocycles. The number of hydrogen-bond acceptors (Lipinski definition) is 10. The molecule has 11 heteroatoms. The summed E-state index contributed by atoms with van der Waals surface area (Å²) in [5.74, 6) is -6.09. The van der Waals surface area contributed by atoms with Gasteiger partial charge in [0.15, 0.2) is 11.4 Å². The number of carbonyl (C=O) groups is 3. The number of aromatic hydroxyl groups is 1. The summed E-state index contributed by atoms with van der Waals surface area (Å²) in [5, 5.41) is 48.6. The van der Waals surface area contributed by atoms with Gasteiger partial charge in [-0.25, -0.2) is 0 Å². The summed E-state index contributed by atoms with van der Waals surface area (Å²) < 4.78 is 5.56. The molecule has 0 heterocycles. The maximum Gasteiger partial charge on any atom is 0.255 e. The molecule has 43 heavy (non-hydrogen) atoms. The van der Waals surface area contributed by atoms with Gasteiger partial charge in [-0.1, -0.05) is 26.0 Å².